The van der Waals surface area contributed by atoms with Crippen molar-refractivity contribution < 1.29 is 23.9 Å². The molecule has 2 fully saturated rings. The van der Waals surface area contributed by atoms with E-state index >= 15 is 0 Å². The lowest BCUT2D eigenvalue weighted by Crippen LogP contribution is -2.47. The standard InChI is InChI=1S/C20H24ClN3O5/c1-13-4-2-3-5-16(13)24-19(27)18(26)23(20(24)28)12-17(25)22-10-11-29-15-8-6-14(21)7-9-15/h6-9,13,16H,2-5,10-12H2,1H3,(H,22,25)/t13-,16-/m0/s1. The van der Waals surface area contributed by atoms with Crippen LogP contribution in [0.25, 0.3) is 0 Å². The summed E-state index contributed by atoms with van der Waals surface area (Å²) < 4.78 is 5.47. The Balaban J connectivity index is 1.49. The first-order valence-electron chi connectivity index (χ1n) is 9.72. The summed E-state index contributed by atoms with van der Waals surface area (Å²) in [6.07, 6.45) is 3.55. The van der Waals surface area contributed by atoms with E-state index in [2.05, 4.69) is 5.32 Å². The average molecular weight is 422 g/mol. The van der Waals surface area contributed by atoms with Crippen molar-refractivity contribution in [3.8, 4) is 5.75 Å². The van der Waals surface area contributed by atoms with Gasteiger partial charge in [-0.25, -0.2) is 9.69 Å². The highest BCUT2D eigenvalue weighted by Gasteiger charge is 2.49. The Labute approximate surface area is 174 Å². The van der Waals surface area contributed by atoms with Gasteiger partial charge in [-0.2, -0.15) is 0 Å². The number of hydrogen-bond donors (Lipinski definition) is 1. The molecule has 1 heterocycles. The van der Waals surface area contributed by atoms with Crippen molar-refractivity contribution in [2.75, 3.05) is 19.7 Å². The molecule has 3 rings (SSSR count). The van der Waals surface area contributed by atoms with Gasteiger partial charge >= 0.3 is 17.8 Å². The minimum atomic E-state index is -0.944. The van der Waals surface area contributed by atoms with Crippen LogP contribution in [0.1, 0.15) is 32.6 Å². The van der Waals surface area contributed by atoms with Gasteiger partial charge in [0.2, 0.25) is 5.91 Å². The van der Waals surface area contributed by atoms with Gasteiger partial charge in [0.25, 0.3) is 0 Å². The predicted octanol–water partition coefficient (Wildman–Crippen LogP) is 2.20. The third kappa shape index (κ3) is 4.87. The molecule has 0 aromatic heterocycles. The van der Waals surface area contributed by atoms with Crippen LogP contribution >= 0.6 is 11.6 Å². The molecule has 8 nitrogen and oxygen atoms in total. The summed E-state index contributed by atoms with van der Waals surface area (Å²) in [7, 11) is 0. The van der Waals surface area contributed by atoms with E-state index in [0.717, 1.165) is 29.1 Å². The van der Waals surface area contributed by atoms with Crippen molar-refractivity contribution >= 4 is 35.4 Å². The van der Waals surface area contributed by atoms with Crippen LogP contribution in [0.2, 0.25) is 5.02 Å². The van der Waals surface area contributed by atoms with E-state index in [1.807, 2.05) is 6.92 Å². The summed E-state index contributed by atoms with van der Waals surface area (Å²) in [6.45, 7) is 1.89. The van der Waals surface area contributed by atoms with E-state index in [1.165, 1.54) is 0 Å². The Morgan fingerprint density at radius 1 is 1.14 bits per heavy atom. The first-order chi connectivity index (χ1) is 13.9. The molecule has 1 saturated carbocycles. The molecule has 1 aliphatic heterocycles. The highest BCUT2D eigenvalue weighted by molar-refractivity contribution is 6.45. The van der Waals surface area contributed by atoms with Crippen molar-refractivity contribution in [1.29, 1.82) is 0 Å². The quantitative estimate of drug-likeness (QED) is 0.413. The molecule has 0 radical (unpaired) electrons. The summed E-state index contributed by atoms with van der Waals surface area (Å²) in [4.78, 5) is 51.1. The predicted molar refractivity (Wildman–Crippen MR) is 105 cm³/mol. The van der Waals surface area contributed by atoms with E-state index in [0.29, 0.717) is 17.2 Å². The molecule has 1 aliphatic carbocycles. The second-order valence-electron chi connectivity index (χ2n) is 7.33. The van der Waals surface area contributed by atoms with E-state index in [-0.39, 0.29) is 25.1 Å². The van der Waals surface area contributed by atoms with Crippen LogP contribution in [0.15, 0.2) is 24.3 Å². The minimum absolute atomic E-state index is 0.142. The third-order valence-electron chi connectivity index (χ3n) is 5.29. The number of ether oxygens (including phenoxy) is 1. The van der Waals surface area contributed by atoms with Gasteiger partial charge in [-0.05, 0) is 43.0 Å². The fourth-order valence-electron chi connectivity index (χ4n) is 3.72. The van der Waals surface area contributed by atoms with Crippen LogP contribution in [-0.4, -0.2) is 59.3 Å². The van der Waals surface area contributed by atoms with Gasteiger partial charge in [0.15, 0.2) is 0 Å². The Bertz CT molecular complexity index is 798. The first kappa shape index (κ1) is 21.1. The lowest BCUT2D eigenvalue weighted by Gasteiger charge is -2.34. The minimum Gasteiger partial charge on any atom is -0.492 e. The number of nitrogens with zero attached hydrogens (tertiary/aromatic N) is 2. The zero-order chi connectivity index (χ0) is 21.0. The maximum absolute atomic E-state index is 12.6. The summed E-state index contributed by atoms with van der Waals surface area (Å²) in [5.41, 5.74) is 0. The van der Waals surface area contributed by atoms with Crippen molar-refractivity contribution in [3.05, 3.63) is 29.3 Å². The smallest absolute Gasteiger partial charge is 0.334 e. The summed E-state index contributed by atoms with van der Waals surface area (Å²) in [6, 6.07) is 5.81. The third-order valence-corrected chi connectivity index (χ3v) is 5.54. The zero-order valence-corrected chi connectivity index (χ0v) is 17.0. The van der Waals surface area contributed by atoms with Crippen molar-refractivity contribution in [1.82, 2.24) is 15.1 Å². The largest absolute Gasteiger partial charge is 0.492 e. The molecular formula is C20H24ClN3O5. The number of halogens is 1. The molecule has 1 saturated heterocycles. The number of rotatable bonds is 7. The Kier molecular flexibility index (Phi) is 6.74. The Morgan fingerprint density at radius 2 is 1.83 bits per heavy atom. The summed E-state index contributed by atoms with van der Waals surface area (Å²) in [5.74, 6) is -1.56. The van der Waals surface area contributed by atoms with E-state index < -0.39 is 30.3 Å². The fraction of sp³-hybridized carbons (Fsp3) is 0.500. The molecule has 9 heteroatoms. The highest BCUT2D eigenvalue weighted by Crippen LogP contribution is 2.31. The Hall–Kier alpha value is -2.61. The van der Waals surface area contributed by atoms with Gasteiger partial charge < -0.3 is 10.1 Å². The van der Waals surface area contributed by atoms with Crippen LogP contribution in [0, 0.1) is 5.92 Å². The van der Waals surface area contributed by atoms with E-state index in [4.69, 9.17) is 16.3 Å². The molecule has 156 valence electrons. The number of imide groups is 2. The van der Waals surface area contributed by atoms with Crippen LogP contribution in [0.3, 0.4) is 0 Å². The molecule has 0 unspecified atom stereocenters. The molecule has 5 amide bonds. The SMILES string of the molecule is C[C@H]1CCCC[C@@H]1N1C(=O)C(=O)N(CC(=O)NCCOc2ccc(Cl)cc2)C1=O. The van der Waals surface area contributed by atoms with E-state index in [1.54, 1.807) is 24.3 Å². The van der Waals surface area contributed by atoms with Crippen LogP contribution < -0.4 is 10.1 Å². The van der Waals surface area contributed by atoms with Gasteiger partial charge in [0.1, 0.15) is 18.9 Å². The number of amides is 5. The highest BCUT2D eigenvalue weighted by atomic mass is 35.5. The maximum atomic E-state index is 12.6. The van der Waals surface area contributed by atoms with Gasteiger partial charge in [-0.3, -0.25) is 19.3 Å². The van der Waals surface area contributed by atoms with E-state index in [9.17, 15) is 19.2 Å². The molecule has 1 N–H and O–H groups in total. The number of benzene rings is 1. The van der Waals surface area contributed by atoms with Crippen LogP contribution in [-0.2, 0) is 14.4 Å². The molecule has 2 aliphatic rings. The number of carbonyl (C=O) groups is 4. The van der Waals surface area contributed by atoms with Gasteiger partial charge in [0, 0.05) is 11.1 Å². The van der Waals surface area contributed by atoms with Crippen LogP contribution in [0.5, 0.6) is 5.75 Å². The molecule has 2 atom stereocenters. The monoisotopic (exact) mass is 421 g/mol. The maximum Gasteiger partial charge on any atom is 0.334 e. The van der Waals surface area contributed by atoms with Crippen molar-refractivity contribution in [2.45, 2.75) is 38.6 Å². The van der Waals surface area contributed by atoms with Gasteiger partial charge in [0.05, 0.1) is 6.54 Å². The second-order valence-corrected chi connectivity index (χ2v) is 7.77. The number of carbonyl (C=O) groups excluding carboxylic acids is 4. The average Bonchev–Trinajstić information content (AvgIpc) is 2.90. The number of nitrogens with one attached hydrogen (secondary N) is 1. The first-order valence-corrected chi connectivity index (χ1v) is 10.1. The topological polar surface area (TPSA) is 96.0 Å². The lowest BCUT2D eigenvalue weighted by atomic mass is 9.85. The van der Waals surface area contributed by atoms with Gasteiger partial charge in [-0.1, -0.05) is 31.4 Å². The summed E-state index contributed by atoms with van der Waals surface area (Å²) in [5, 5.41) is 3.18. The van der Waals surface area contributed by atoms with Crippen LogP contribution in [0.4, 0.5) is 4.79 Å². The number of urea groups is 1. The summed E-state index contributed by atoms with van der Waals surface area (Å²) >= 11 is 5.80. The van der Waals surface area contributed by atoms with Crippen molar-refractivity contribution in [3.63, 3.8) is 0 Å². The zero-order valence-electron chi connectivity index (χ0n) is 16.2. The molecule has 0 bridgehead atoms. The van der Waals surface area contributed by atoms with Crippen molar-refractivity contribution in [2.24, 2.45) is 5.92 Å². The second kappa shape index (κ2) is 9.26. The fourth-order valence-corrected chi connectivity index (χ4v) is 3.85. The Morgan fingerprint density at radius 3 is 2.52 bits per heavy atom. The normalized spacial score (nSPS) is 22.2. The van der Waals surface area contributed by atoms with Gasteiger partial charge in [-0.15, -0.1) is 0 Å². The molecule has 0 spiro atoms. The molecule has 1 aromatic rings. The number of hydrogen-bond acceptors (Lipinski definition) is 5. The molecule has 1 aromatic carbocycles. The molecular weight excluding hydrogens is 398 g/mol. The lowest BCUT2D eigenvalue weighted by molar-refractivity contribution is -0.145. The molecule has 29 heavy (non-hydrogen) atoms.